The molecule has 0 saturated carbocycles. The van der Waals surface area contributed by atoms with E-state index in [-0.39, 0.29) is 17.9 Å². The summed E-state index contributed by atoms with van der Waals surface area (Å²) in [5.74, 6) is 1.10. The molecule has 2 aromatic carbocycles. The van der Waals surface area contributed by atoms with Crippen LogP contribution in [0.3, 0.4) is 0 Å². The first kappa shape index (κ1) is 21.0. The minimum atomic E-state index is -0.442. The van der Waals surface area contributed by atoms with Gasteiger partial charge in [-0.05, 0) is 54.6 Å². The third kappa shape index (κ3) is 4.28. The lowest BCUT2D eigenvalue weighted by atomic mass is 10.2. The maximum Gasteiger partial charge on any atom is 0.291 e. The molecule has 0 bridgehead atoms. The fourth-order valence-electron chi connectivity index (χ4n) is 3.23. The highest BCUT2D eigenvalue weighted by molar-refractivity contribution is 9.10. The predicted molar refractivity (Wildman–Crippen MR) is 127 cm³/mol. The molecule has 33 heavy (non-hydrogen) atoms. The van der Waals surface area contributed by atoms with E-state index in [9.17, 15) is 14.9 Å². The Labute approximate surface area is 198 Å². The number of aromatic nitrogens is 4. The Morgan fingerprint density at radius 2 is 1.88 bits per heavy atom. The highest BCUT2D eigenvalue weighted by Gasteiger charge is 2.12. The molecule has 0 unspecified atom stereocenters. The first-order valence-corrected chi connectivity index (χ1v) is 11.3. The highest BCUT2D eigenvalue weighted by atomic mass is 79.9. The standard InChI is InChI=1S/C22H14BrN5O4S/c23-14-3-9-18(10-4-14)32-13-20-24-22-27(25-20)21(29)19(33-22)12-17-2-1-11-26(17)15-5-7-16(8-6-15)28(30)31/h1-12H,13H2/b19-12-. The van der Waals surface area contributed by atoms with Gasteiger partial charge in [0.15, 0.2) is 5.82 Å². The van der Waals surface area contributed by atoms with Gasteiger partial charge in [-0.3, -0.25) is 14.9 Å². The van der Waals surface area contributed by atoms with Gasteiger partial charge in [0.1, 0.15) is 16.9 Å². The molecule has 0 N–H and O–H groups in total. The lowest BCUT2D eigenvalue weighted by Gasteiger charge is -2.05. The van der Waals surface area contributed by atoms with Crippen molar-refractivity contribution in [1.29, 1.82) is 0 Å². The van der Waals surface area contributed by atoms with Crippen molar-refractivity contribution in [3.05, 3.63) is 108 Å². The second-order valence-electron chi connectivity index (χ2n) is 6.96. The zero-order valence-electron chi connectivity index (χ0n) is 16.8. The summed E-state index contributed by atoms with van der Waals surface area (Å²) in [5.41, 5.74) is 1.25. The van der Waals surface area contributed by atoms with E-state index in [2.05, 4.69) is 26.0 Å². The summed E-state index contributed by atoms with van der Waals surface area (Å²) in [6, 6.07) is 17.3. The summed E-state index contributed by atoms with van der Waals surface area (Å²) < 4.78 is 10.2. The zero-order valence-corrected chi connectivity index (χ0v) is 19.2. The fraction of sp³-hybridized carbons (Fsp3) is 0.0455. The molecule has 0 aliphatic carbocycles. The largest absolute Gasteiger partial charge is 0.486 e. The van der Waals surface area contributed by atoms with Gasteiger partial charge in [0.05, 0.1) is 4.92 Å². The third-order valence-electron chi connectivity index (χ3n) is 4.81. The molecule has 3 heterocycles. The molecule has 11 heteroatoms. The van der Waals surface area contributed by atoms with E-state index in [1.54, 1.807) is 18.2 Å². The minimum absolute atomic E-state index is 0.0174. The zero-order chi connectivity index (χ0) is 22.9. The van der Waals surface area contributed by atoms with Gasteiger partial charge in [-0.15, -0.1) is 5.10 Å². The maximum atomic E-state index is 12.9. The molecule has 5 aromatic rings. The molecule has 3 aromatic heterocycles. The van der Waals surface area contributed by atoms with Crippen LogP contribution < -0.4 is 14.8 Å². The van der Waals surface area contributed by atoms with Gasteiger partial charge < -0.3 is 9.30 Å². The average molecular weight is 524 g/mol. The van der Waals surface area contributed by atoms with Crippen molar-refractivity contribution in [2.24, 2.45) is 0 Å². The lowest BCUT2D eigenvalue weighted by molar-refractivity contribution is -0.384. The van der Waals surface area contributed by atoms with Crippen LogP contribution in [0.2, 0.25) is 0 Å². The molecule has 0 aliphatic heterocycles. The first-order chi connectivity index (χ1) is 16.0. The van der Waals surface area contributed by atoms with Crippen LogP contribution in [-0.2, 0) is 6.61 Å². The van der Waals surface area contributed by atoms with Crippen LogP contribution in [0.4, 0.5) is 5.69 Å². The van der Waals surface area contributed by atoms with Crippen molar-refractivity contribution in [3.63, 3.8) is 0 Å². The van der Waals surface area contributed by atoms with E-state index < -0.39 is 4.92 Å². The smallest absolute Gasteiger partial charge is 0.291 e. The van der Waals surface area contributed by atoms with Gasteiger partial charge in [-0.1, -0.05) is 27.3 Å². The number of rotatable bonds is 6. The molecule has 5 rings (SSSR count). The molecular formula is C22H14BrN5O4S. The number of non-ortho nitro benzene ring substituents is 1. The summed E-state index contributed by atoms with van der Waals surface area (Å²) in [4.78, 5) is 28.2. The summed E-state index contributed by atoms with van der Waals surface area (Å²) in [6.07, 6.45) is 3.58. The number of halogens is 1. The Hall–Kier alpha value is -3.83. The van der Waals surface area contributed by atoms with Crippen molar-refractivity contribution >= 4 is 44.0 Å². The summed E-state index contributed by atoms with van der Waals surface area (Å²) >= 11 is 4.61. The number of benzene rings is 2. The van der Waals surface area contributed by atoms with Gasteiger partial charge in [0.2, 0.25) is 4.96 Å². The monoisotopic (exact) mass is 523 g/mol. The van der Waals surface area contributed by atoms with Crippen LogP contribution in [0.15, 0.2) is 76.1 Å². The van der Waals surface area contributed by atoms with E-state index in [0.717, 1.165) is 15.9 Å². The Balaban J connectivity index is 1.41. The van der Waals surface area contributed by atoms with Crippen LogP contribution >= 0.6 is 27.3 Å². The molecule has 0 saturated heterocycles. The molecule has 0 fully saturated rings. The van der Waals surface area contributed by atoms with E-state index in [1.807, 2.05) is 47.2 Å². The predicted octanol–water partition coefficient (Wildman–Crippen LogP) is 3.74. The van der Waals surface area contributed by atoms with Crippen LogP contribution in [0.1, 0.15) is 11.5 Å². The molecule has 0 radical (unpaired) electrons. The van der Waals surface area contributed by atoms with Crippen molar-refractivity contribution in [2.75, 3.05) is 0 Å². The van der Waals surface area contributed by atoms with Crippen molar-refractivity contribution in [2.45, 2.75) is 6.61 Å². The quantitative estimate of drug-likeness (QED) is 0.248. The Morgan fingerprint density at radius 1 is 1.12 bits per heavy atom. The van der Waals surface area contributed by atoms with Crippen LogP contribution in [0, 0.1) is 10.1 Å². The van der Waals surface area contributed by atoms with Crippen LogP contribution in [0.25, 0.3) is 16.7 Å². The van der Waals surface area contributed by atoms with E-state index in [0.29, 0.717) is 21.1 Å². The topological polar surface area (TPSA) is 105 Å². The molecule has 0 aliphatic rings. The summed E-state index contributed by atoms with van der Waals surface area (Å²) in [5, 5.41) is 15.2. The second kappa shape index (κ2) is 8.60. The van der Waals surface area contributed by atoms with Crippen molar-refractivity contribution < 1.29 is 9.66 Å². The van der Waals surface area contributed by atoms with Gasteiger partial charge in [0.25, 0.3) is 11.2 Å². The number of nitro groups is 1. The summed E-state index contributed by atoms with van der Waals surface area (Å²) in [6.45, 7) is 0.150. The number of nitro benzene ring substituents is 1. The second-order valence-corrected chi connectivity index (χ2v) is 8.88. The Bertz CT molecular complexity index is 1570. The average Bonchev–Trinajstić information content (AvgIpc) is 3.51. The van der Waals surface area contributed by atoms with Crippen molar-refractivity contribution in [3.8, 4) is 11.4 Å². The van der Waals surface area contributed by atoms with Gasteiger partial charge >= 0.3 is 0 Å². The van der Waals surface area contributed by atoms with Crippen molar-refractivity contribution in [1.82, 2.24) is 19.2 Å². The number of fused-ring (bicyclic) bond motifs is 1. The minimum Gasteiger partial charge on any atom is -0.486 e. The molecule has 0 spiro atoms. The Kier molecular flexibility index (Phi) is 5.48. The number of thiazole rings is 1. The van der Waals surface area contributed by atoms with Crippen LogP contribution in [0.5, 0.6) is 5.75 Å². The lowest BCUT2D eigenvalue weighted by Crippen LogP contribution is -2.24. The number of hydrogen-bond donors (Lipinski definition) is 0. The van der Waals surface area contributed by atoms with E-state index >= 15 is 0 Å². The fourth-order valence-corrected chi connectivity index (χ4v) is 4.41. The summed E-state index contributed by atoms with van der Waals surface area (Å²) in [7, 11) is 0. The number of ether oxygens (including phenoxy) is 1. The van der Waals surface area contributed by atoms with E-state index in [1.165, 1.54) is 28.0 Å². The molecule has 0 atom stereocenters. The highest BCUT2D eigenvalue weighted by Crippen LogP contribution is 2.19. The SMILES string of the molecule is O=c1/c(=C/c2cccn2-c2ccc([N+](=O)[O-])cc2)sc2nc(COc3ccc(Br)cc3)nn12. The van der Waals surface area contributed by atoms with Crippen LogP contribution in [-0.4, -0.2) is 24.1 Å². The first-order valence-electron chi connectivity index (χ1n) is 9.69. The Morgan fingerprint density at radius 3 is 2.58 bits per heavy atom. The molecule has 9 nitrogen and oxygen atoms in total. The number of hydrogen-bond acceptors (Lipinski definition) is 7. The molecule has 164 valence electrons. The third-order valence-corrected chi connectivity index (χ3v) is 6.29. The molecule has 0 amide bonds. The van der Waals surface area contributed by atoms with Gasteiger partial charge in [-0.25, -0.2) is 0 Å². The number of nitrogens with zero attached hydrogens (tertiary/aromatic N) is 5. The molecular weight excluding hydrogens is 510 g/mol. The normalized spacial score (nSPS) is 11.8. The van der Waals surface area contributed by atoms with Gasteiger partial charge in [-0.2, -0.15) is 9.50 Å². The van der Waals surface area contributed by atoms with Gasteiger partial charge in [0, 0.05) is 34.2 Å². The van der Waals surface area contributed by atoms with E-state index in [4.69, 9.17) is 4.74 Å². The maximum absolute atomic E-state index is 12.9.